The molecule has 232 valence electrons. The number of carboxylic acid groups (broad SMARTS) is 1. The van der Waals surface area contributed by atoms with Crippen molar-refractivity contribution in [2.45, 2.75) is 43.7 Å². The molecule has 2 aromatic carbocycles. The molecule has 7 rings (SSSR count). The van der Waals surface area contributed by atoms with Crippen LogP contribution in [0.3, 0.4) is 0 Å². The number of imidazole rings is 1. The second-order valence-corrected chi connectivity index (χ2v) is 12.8. The number of fused-ring (bicyclic) bond motifs is 2. The minimum Gasteiger partial charge on any atom is -0.465 e. The van der Waals surface area contributed by atoms with Gasteiger partial charge in [0, 0.05) is 53.3 Å². The Kier molecular flexibility index (Phi) is 7.70. The van der Waals surface area contributed by atoms with Crippen molar-refractivity contribution in [3.63, 3.8) is 0 Å². The molecule has 5 aromatic rings. The summed E-state index contributed by atoms with van der Waals surface area (Å²) in [6, 6.07) is 7.91. The van der Waals surface area contributed by atoms with E-state index in [0.29, 0.717) is 49.5 Å². The van der Waals surface area contributed by atoms with Crippen molar-refractivity contribution >= 4 is 62.6 Å². The Morgan fingerprint density at radius 3 is 2.64 bits per heavy atom. The first-order valence-corrected chi connectivity index (χ1v) is 15.8. The number of piperidine rings is 1. The number of carbonyl (C=O) groups is 2. The van der Waals surface area contributed by atoms with E-state index in [-0.39, 0.29) is 26.1 Å². The average Bonchev–Trinajstić information content (AvgIpc) is 3.82. The summed E-state index contributed by atoms with van der Waals surface area (Å²) in [5, 5.41) is 20.0. The maximum Gasteiger partial charge on any atom is 0.407 e. The van der Waals surface area contributed by atoms with Crippen molar-refractivity contribution < 1.29 is 23.5 Å². The molecular formula is C30H25Cl2F2N7O3S. The standard InChI is InChI=1S/C30H25Cl2F2N7O3S/c31-21-10-19(16-3-1-15(2-4-16)18-5-7-39(30(43)44)13-22(18)34)24(32)25-20(21)12-41(38-25)27(28(42)37-29-35-6-8-45-29)26-23-9-17(33)11-40(23)14-36-26/h1-4,6,8,10,12,14,17-18,22,27H,5,7,9,11,13H2,(H,43,44)(H,35,37,42)/t17-,18-,22+,27?/m1/s1. The number of hydrogen-bond donors (Lipinski definition) is 2. The fraction of sp³-hybridized carbons (Fsp3) is 0.300. The van der Waals surface area contributed by atoms with Crippen LogP contribution in [0.5, 0.6) is 0 Å². The molecular weight excluding hydrogens is 647 g/mol. The van der Waals surface area contributed by atoms with Crippen molar-refractivity contribution in [2.24, 2.45) is 0 Å². The molecule has 45 heavy (non-hydrogen) atoms. The summed E-state index contributed by atoms with van der Waals surface area (Å²) in [7, 11) is 0. The second-order valence-electron chi connectivity index (χ2n) is 11.1. The predicted molar refractivity (Wildman–Crippen MR) is 167 cm³/mol. The molecule has 3 aromatic heterocycles. The molecule has 1 saturated heterocycles. The number of alkyl halides is 2. The number of halogens is 4. The zero-order chi connectivity index (χ0) is 31.4. The van der Waals surface area contributed by atoms with Gasteiger partial charge in [0.15, 0.2) is 11.2 Å². The van der Waals surface area contributed by atoms with Gasteiger partial charge < -0.3 is 14.6 Å². The third-order valence-electron chi connectivity index (χ3n) is 8.39. The van der Waals surface area contributed by atoms with Crippen molar-refractivity contribution in [2.75, 3.05) is 18.4 Å². The maximum atomic E-state index is 14.9. The highest BCUT2D eigenvalue weighted by atomic mass is 35.5. The lowest BCUT2D eigenvalue weighted by Gasteiger charge is -2.33. The van der Waals surface area contributed by atoms with E-state index in [1.807, 2.05) is 24.3 Å². The number of nitrogens with zero attached hydrogens (tertiary/aromatic N) is 6. The van der Waals surface area contributed by atoms with Crippen LogP contribution in [0.4, 0.5) is 18.7 Å². The maximum absolute atomic E-state index is 14.9. The smallest absolute Gasteiger partial charge is 0.407 e. The van der Waals surface area contributed by atoms with Crippen molar-refractivity contribution in [1.82, 2.24) is 29.2 Å². The Labute approximate surface area is 269 Å². The lowest BCUT2D eigenvalue weighted by atomic mass is 9.87. The number of aromatic nitrogens is 5. The number of nitrogens with one attached hydrogen (secondary N) is 1. The van der Waals surface area contributed by atoms with Crippen molar-refractivity contribution in [1.29, 1.82) is 0 Å². The van der Waals surface area contributed by atoms with Crippen molar-refractivity contribution in [3.8, 4) is 11.1 Å². The van der Waals surface area contributed by atoms with Crippen LogP contribution in [0, 0.1) is 0 Å². The first-order valence-electron chi connectivity index (χ1n) is 14.2. The fourth-order valence-electron chi connectivity index (χ4n) is 6.18. The van der Waals surface area contributed by atoms with E-state index >= 15 is 0 Å². The van der Waals surface area contributed by atoms with Crippen LogP contribution in [-0.4, -0.2) is 71.8 Å². The number of thiazole rings is 1. The minimum absolute atomic E-state index is 0.126. The molecule has 2 N–H and O–H groups in total. The Bertz CT molecular complexity index is 1910. The Morgan fingerprint density at radius 2 is 1.93 bits per heavy atom. The Balaban J connectivity index is 1.23. The van der Waals surface area contributed by atoms with Crippen LogP contribution in [0.25, 0.3) is 22.0 Å². The Hall–Kier alpha value is -4.07. The molecule has 0 aliphatic carbocycles. The van der Waals surface area contributed by atoms with Gasteiger partial charge in [0.2, 0.25) is 0 Å². The van der Waals surface area contributed by atoms with E-state index < -0.39 is 36.3 Å². The fourth-order valence-corrected chi connectivity index (χ4v) is 7.26. The lowest BCUT2D eigenvalue weighted by Crippen LogP contribution is -2.43. The van der Waals surface area contributed by atoms with Gasteiger partial charge in [-0.2, -0.15) is 5.10 Å². The van der Waals surface area contributed by atoms with Crippen LogP contribution in [-0.2, 0) is 17.8 Å². The highest BCUT2D eigenvalue weighted by Crippen LogP contribution is 2.40. The number of likely N-dealkylation sites (tertiary alicyclic amines) is 1. The van der Waals surface area contributed by atoms with E-state index in [1.54, 1.807) is 28.4 Å². The summed E-state index contributed by atoms with van der Waals surface area (Å²) < 4.78 is 32.3. The third-order valence-corrected chi connectivity index (χ3v) is 9.77. The summed E-state index contributed by atoms with van der Waals surface area (Å²) in [5.41, 5.74) is 3.43. The number of rotatable bonds is 6. The first-order chi connectivity index (χ1) is 21.7. The van der Waals surface area contributed by atoms with E-state index in [9.17, 15) is 23.5 Å². The zero-order valence-electron chi connectivity index (χ0n) is 23.4. The Morgan fingerprint density at radius 1 is 1.13 bits per heavy atom. The molecule has 2 amide bonds. The number of carbonyl (C=O) groups excluding carboxylic acids is 1. The van der Waals surface area contributed by atoms with Crippen LogP contribution in [0.2, 0.25) is 10.0 Å². The van der Waals surface area contributed by atoms with Crippen molar-refractivity contribution in [3.05, 3.63) is 81.4 Å². The molecule has 0 saturated carbocycles. The topological polar surface area (TPSA) is 118 Å². The van der Waals surface area contributed by atoms with Gasteiger partial charge in [-0.05, 0) is 23.6 Å². The molecule has 5 heterocycles. The molecule has 0 bridgehead atoms. The monoisotopic (exact) mass is 671 g/mol. The normalized spacial score (nSPS) is 20.4. The summed E-state index contributed by atoms with van der Waals surface area (Å²) in [5.74, 6) is -0.874. The average molecular weight is 673 g/mol. The highest BCUT2D eigenvalue weighted by Gasteiger charge is 2.35. The van der Waals surface area contributed by atoms with Gasteiger partial charge >= 0.3 is 6.09 Å². The molecule has 4 atom stereocenters. The van der Waals surface area contributed by atoms with Gasteiger partial charge in [-0.25, -0.2) is 23.5 Å². The first kappa shape index (κ1) is 29.6. The largest absolute Gasteiger partial charge is 0.465 e. The van der Waals surface area contributed by atoms with E-state index in [1.165, 1.54) is 22.3 Å². The number of anilines is 1. The molecule has 0 spiro atoms. The van der Waals surface area contributed by atoms with Gasteiger partial charge in [0.05, 0.1) is 35.2 Å². The van der Waals surface area contributed by atoms with E-state index in [4.69, 9.17) is 28.3 Å². The third kappa shape index (κ3) is 5.42. The highest BCUT2D eigenvalue weighted by molar-refractivity contribution is 7.13. The second kappa shape index (κ2) is 11.7. The van der Waals surface area contributed by atoms with E-state index in [2.05, 4.69) is 15.3 Å². The molecule has 1 unspecified atom stereocenters. The SMILES string of the molecule is O=C(Nc1nccs1)C(c1ncn2c1C[C@@H](F)C2)n1cc2c(Cl)cc(-c3ccc([C@H]4CCN(C(=O)O)C[C@@H]4F)cc3)c(Cl)c2n1. The summed E-state index contributed by atoms with van der Waals surface area (Å²) in [4.78, 5) is 34.6. The molecule has 0 radical (unpaired) electrons. The zero-order valence-corrected chi connectivity index (χ0v) is 25.7. The van der Waals surface area contributed by atoms with Crippen LogP contribution < -0.4 is 5.32 Å². The van der Waals surface area contributed by atoms with Gasteiger partial charge in [-0.15, -0.1) is 11.3 Å². The summed E-state index contributed by atoms with van der Waals surface area (Å²) >= 11 is 14.9. The molecule has 1 fully saturated rings. The molecule has 15 heteroatoms. The summed E-state index contributed by atoms with van der Waals surface area (Å²) in [6.07, 6.45) is 1.72. The number of benzene rings is 2. The quantitative estimate of drug-likeness (QED) is 0.210. The molecule has 10 nitrogen and oxygen atoms in total. The molecule has 2 aliphatic heterocycles. The number of amides is 2. The van der Waals surface area contributed by atoms with E-state index in [0.717, 1.165) is 16.0 Å². The van der Waals surface area contributed by atoms with Gasteiger partial charge in [0.25, 0.3) is 5.91 Å². The minimum atomic E-state index is -1.31. The predicted octanol–water partition coefficient (Wildman–Crippen LogP) is 6.59. The van der Waals surface area contributed by atoms with Crippen LogP contribution in [0.15, 0.2) is 54.4 Å². The lowest BCUT2D eigenvalue weighted by molar-refractivity contribution is -0.118. The van der Waals surface area contributed by atoms with Gasteiger partial charge in [0.1, 0.15) is 17.9 Å². The van der Waals surface area contributed by atoms with Crippen LogP contribution >= 0.6 is 34.5 Å². The van der Waals surface area contributed by atoms with Crippen LogP contribution in [0.1, 0.15) is 35.3 Å². The van der Waals surface area contributed by atoms with Gasteiger partial charge in [-0.3, -0.25) is 14.8 Å². The summed E-state index contributed by atoms with van der Waals surface area (Å²) in [6.45, 7) is 0.265. The van der Waals surface area contributed by atoms with Gasteiger partial charge in [-0.1, -0.05) is 47.5 Å². The molecule has 2 aliphatic rings. The number of hydrogen-bond acceptors (Lipinski definition) is 6.